The predicted molar refractivity (Wildman–Crippen MR) is 107 cm³/mol. The molecule has 3 rings (SSSR count). The number of nitrogens with two attached hydrogens (primary N) is 1. The fraction of sp³-hybridized carbons (Fsp3) is 0.143. The van der Waals surface area contributed by atoms with Gasteiger partial charge in [-0.15, -0.1) is 0 Å². The number of hydrogen-bond donors (Lipinski definition) is 3. The Bertz CT molecular complexity index is 950. The highest BCUT2D eigenvalue weighted by Crippen LogP contribution is 2.18. The first-order valence-corrected chi connectivity index (χ1v) is 8.89. The highest BCUT2D eigenvalue weighted by molar-refractivity contribution is 6.05. The van der Waals surface area contributed by atoms with E-state index in [1.807, 2.05) is 6.92 Å². The second-order valence-electron chi connectivity index (χ2n) is 6.09. The van der Waals surface area contributed by atoms with Gasteiger partial charge in [0.2, 0.25) is 11.6 Å². The lowest BCUT2D eigenvalue weighted by Gasteiger charge is -2.08. The topological polar surface area (TPSA) is 90.5 Å². The van der Waals surface area contributed by atoms with E-state index >= 15 is 0 Å². The second kappa shape index (κ2) is 10.3. The quantitative estimate of drug-likeness (QED) is 0.523. The van der Waals surface area contributed by atoms with Crippen LogP contribution in [0.3, 0.4) is 0 Å². The number of ether oxygens (including phenoxy) is 1. The van der Waals surface area contributed by atoms with Crippen LogP contribution < -0.4 is 38.5 Å². The lowest BCUT2D eigenvalue weighted by molar-refractivity contribution is -0.342. The summed E-state index contributed by atoms with van der Waals surface area (Å²) in [5, 5.41) is 5.95. The Morgan fingerprint density at radius 2 is 1.76 bits per heavy atom. The van der Waals surface area contributed by atoms with Crippen LogP contribution in [0.2, 0.25) is 0 Å². The van der Waals surface area contributed by atoms with E-state index in [1.165, 1.54) is 12.1 Å². The number of aromatic nitrogens is 1. The van der Waals surface area contributed by atoms with Crippen molar-refractivity contribution in [1.82, 2.24) is 0 Å². The molecule has 1 amide bonds. The molecule has 8 heteroatoms. The Hall–Kier alpha value is -3.32. The summed E-state index contributed by atoms with van der Waals surface area (Å²) in [5.74, 6) is 1.18. The van der Waals surface area contributed by atoms with Crippen molar-refractivity contribution >= 4 is 23.2 Å². The second-order valence-corrected chi connectivity index (χ2v) is 6.09. The van der Waals surface area contributed by atoms with E-state index in [0.29, 0.717) is 41.8 Å². The van der Waals surface area contributed by atoms with Crippen LogP contribution >= 0.6 is 0 Å². The predicted octanol–water partition coefficient (Wildman–Crippen LogP) is 0.489. The maximum Gasteiger partial charge on any atom is 0.255 e. The van der Waals surface area contributed by atoms with E-state index in [0.717, 1.165) is 5.56 Å². The number of carbonyl (C=O) groups excluding carboxylic acids is 1. The van der Waals surface area contributed by atoms with Gasteiger partial charge in [0.05, 0.1) is 13.2 Å². The molecule has 6 nitrogen and oxygen atoms in total. The van der Waals surface area contributed by atoms with Gasteiger partial charge in [0, 0.05) is 11.6 Å². The Morgan fingerprint density at radius 1 is 1.07 bits per heavy atom. The van der Waals surface area contributed by atoms with Crippen molar-refractivity contribution in [3.05, 3.63) is 77.6 Å². The van der Waals surface area contributed by atoms with Crippen molar-refractivity contribution in [3.8, 4) is 5.75 Å². The van der Waals surface area contributed by atoms with Crippen LogP contribution in [0.5, 0.6) is 5.75 Å². The van der Waals surface area contributed by atoms with Crippen molar-refractivity contribution in [2.45, 2.75) is 13.5 Å². The van der Waals surface area contributed by atoms with Gasteiger partial charge in [0.1, 0.15) is 17.3 Å². The standard InChI is InChI=1S/C21H21FN4O2.ClH/c1-2-28-17-9-5-15(6-10-17)21(27)25-18-11-12-19(26-20(18)23)24-13-14-3-7-16(22)8-4-14;/h3-12H,2,13H2,1H3,(H,25,27)(H3,23,24,26);1H. The van der Waals surface area contributed by atoms with Crippen LogP contribution in [0.1, 0.15) is 22.8 Å². The maximum atomic E-state index is 12.9. The monoisotopic (exact) mass is 416 g/mol. The number of aromatic amines is 1. The summed E-state index contributed by atoms with van der Waals surface area (Å²) < 4.78 is 18.3. The molecule has 3 aromatic rings. The van der Waals surface area contributed by atoms with E-state index in [1.54, 1.807) is 48.5 Å². The summed E-state index contributed by atoms with van der Waals surface area (Å²) in [6.07, 6.45) is 0. The molecular weight excluding hydrogens is 395 g/mol. The first-order chi connectivity index (χ1) is 13.5. The third-order valence-corrected chi connectivity index (χ3v) is 4.05. The third kappa shape index (κ3) is 6.08. The first kappa shape index (κ1) is 22.0. The summed E-state index contributed by atoms with van der Waals surface area (Å²) in [7, 11) is 0. The SMILES string of the molecule is CCOc1ccc(C(=O)Nc2ccc(NCc3ccc(F)cc3)[nH+]c2N)cc1.[Cl-]. The van der Waals surface area contributed by atoms with Crippen LogP contribution in [0.25, 0.3) is 0 Å². The zero-order valence-corrected chi connectivity index (χ0v) is 16.6. The number of halogens is 2. The van der Waals surface area contributed by atoms with Crippen LogP contribution in [0, 0.1) is 5.82 Å². The molecule has 0 aliphatic rings. The van der Waals surface area contributed by atoms with Crippen molar-refractivity contribution in [2.24, 2.45) is 0 Å². The molecule has 152 valence electrons. The molecular formula is C21H22ClFN4O2. The molecule has 1 heterocycles. The molecule has 29 heavy (non-hydrogen) atoms. The molecule has 2 aromatic carbocycles. The highest BCUT2D eigenvalue weighted by Gasteiger charge is 2.12. The van der Waals surface area contributed by atoms with Gasteiger partial charge in [-0.25, -0.2) is 9.37 Å². The van der Waals surface area contributed by atoms with Gasteiger partial charge >= 0.3 is 0 Å². The number of carbonyl (C=O) groups is 1. The first-order valence-electron chi connectivity index (χ1n) is 8.89. The van der Waals surface area contributed by atoms with E-state index in [-0.39, 0.29) is 24.1 Å². The number of rotatable bonds is 7. The molecule has 0 bridgehead atoms. The van der Waals surface area contributed by atoms with E-state index in [4.69, 9.17) is 10.5 Å². The van der Waals surface area contributed by atoms with E-state index in [9.17, 15) is 9.18 Å². The Kier molecular flexibility index (Phi) is 7.79. The average Bonchev–Trinajstić information content (AvgIpc) is 2.70. The zero-order chi connectivity index (χ0) is 19.9. The van der Waals surface area contributed by atoms with Crippen LogP contribution in [-0.4, -0.2) is 12.5 Å². The maximum absolute atomic E-state index is 12.9. The minimum atomic E-state index is -0.271. The number of benzene rings is 2. The van der Waals surface area contributed by atoms with Gasteiger partial charge in [0.25, 0.3) is 5.91 Å². The molecule has 0 aliphatic heterocycles. The average molecular weight is 417 g/mol. The van der Waals surface area contributed by atoms with Gasteiger partial charge in [-0.05, 0) is 55.0 Å². The minimum Gasteiger partial charge on any atom is -1.00 e. The summed E-state index contributed by atoms with van der Waals surface area (Å²) in [4.78, 5) is 15.4. The van der Waals surface area contributed by atoms with Crippen LogP contribution in [0.4, 0.5) is 21.7 Å². The Morgan fingerprint density at radius 3 is 2.38 bits per heavy atom. The molecule has 1 aromatic heterocycles. The van der Waals surface area contributed by atoms with E-state index < -0.39 is 0 Å². The smallest absolute Gasteiger partial charge is 0.255 e. The molecule has 0 saturated carbocycles. The van der Waals surface area contributed by atoms with Gasteiger partial charge in [-0.3, -0.25) is 4.79 Å². The van der Waals surface area contributed by atoms with Gasteiger partial charge in [-0.2, -0.15) is 0 Å². The van der Waals surface area contributed by atoms with Gasteiger partial charge < -0.3 is 33.5 Å². The lowest BCUT2D eigenvalue weighted by Crippen LogP contribution is -3.00. The number of amides is 1. The fourth-order valence-corrected chi connectivity index (χ4v) is 2.59. The van der Waals surface area contributed by atoms with Crippen LogP contribution in [-0.2, 0) is 6.54 Å². The van der Waals surface area contributed by atoms with Crippen LogP contribution in [0.15, 0.2) is 60.7 Å². The molecule has 0 aliphatic carbocycles. The van der Waals surface area contributed by atoms with E-state index in [2.05, 4.69) is 15.6 Å². The molecule has 0 saturated heterocycles. The molecule has 0 radical (unpaired) electrons. The summed E-state index contributed by atoms with van der Waals surface area (Å²) >= 11 is 0. The van der Waals surface area contributed by atoms with Gasteiger partial charge in [0.15, 0.2) is 0 Å². The molecule has 0 atom stereocenters. The third-order valence-electron chi connectivity index (χ3n) is 4.05. The number of H-pyrrole nitrogens is 1. The summed E-state index contributed by atoms with van der Waals surface area (Å²) in [5.41, 5.74) is 7.93. The number of anilines is 3. The molecule has 5 N–H and O–H groups in total. The van der Waals surface area contributed by atoms with Crippen molar-refractivity contribution < 1.29 is 31.3 Å². The minimum absolute atomic E-state index is 0. The Labute approximate surface area is 174 Å². The lowest BCUT2D eigenvalue weighted by atomic mass is 10.2. The summed E-state index contributed by atoms with van der Waals surface area (Å²) in [6, 6.07) is 16.6. The largest absolute Gasteiger partial charge is 1.00 e. The summed E-state index contributed by atoms with van der Waals surface area (Å²) in [6.45, 7) is 2.98. The number of hydrogen-bond acceptors (Lipinski definition) is 4. The van der Waals surface area contributed by atoms with Gasteiger partial charge in [-0.1, -0.05) is 12.1 Å². The highest BCUT2D eigenvalue weighted by atomic mass is 35.5. The zero-order valence-electron chi connectivity index (χ0n) is 15.8. The fourth-order valence-electron chi connectivity index (χ4n) is 2.59. The van der Waals surface area contributed by atoms with Crippen molar-refractivity contribution in [2.75, 3.05) is 23.0 Å². The molecule has 0 unspecified atom stereocenters. The Balaban J connectivity index is 0.00000300. The van der Waals surface area contributed by atoms with Crippen molar-refractivity contribution in [3.63, 3.8) is 0 Å². The molecule has 0 spiro atoms. The number of nitrogens with one attached hydrogen (secondary N) is 3. The number of pyridine rings is 1. The van der Waals surface area contributed by atoms with Crippen molar-refractivity contribution in [1.29, 1.82) is 0 Å². The number of nitrogen functional groups attached to an aromatic ring is 1. The normalized spacial score (nSPS) is 10.0. The molecule has 0 fully saturated rings.